The topological polar surface area (TPSA) is 101 Å². The Bertz CT molecular complexity index is 1600. The van der Waals surface area contributed by atoms with E-state index in [1.165, 1.54) is 21.8 Å². The highest BCUT2D eigenvalue weighted by molar-refractivity contribution is 5.94. The predicted molar refractivity (Wildman–Crippen MR) is 132 cm³/mol. The minimum absolute atomic E-state index is 0.0886. The van der Waals surface area contributed by atoms with Gasteiger partial charge in [-0.05, 0) is 55.3 Å². The van der Waals surface area contributed by atoms with Crippen LogP contribution in [0.1, 0.15) is 11.1 Å². The molecule has 9 heteroatoms. The number of nitrogens with zero attached hydrogens (tertiary/aromatic N) is 6. The van der Waals surface area contributed by atoms with Crippen molar-refractivity contribution >= 4 is 39.2 Å². The molecule has 0 radical (unpaired) electrons. The Morgan fingerprint density at radius 1 is 1.03 bits per heavy atom. The molecule has 0 amide bonds. The maximum absolute atomic E-state index is 13.4. The number of para-hydroxylation sites is 1. The molecule has 0 aliphatic carbocycles. The zero-order valence-electron chi connectivity index (χ0n) is 18.9. The number of likely N-dealkylation sites (N-methyl/N-ethyl adjacent to an activating group) is 1. The summed E-state index contributed by atoms with van der Waals surface area (Å²) in [5.74, 6) is 0.397. The number of benzene rings is 2. The molecule has 0 atom stereocenters. The SMILES string of the molecule is CN1CCc2ccc(Nc3ncc4c(=O)n5c(nc4n3)c3ccccc3n5CCO)cc2CC1. The van der Waals surface area contributed by atoms with Crippen LogP contribution in [0.5, 0.6) is 0 Å². The Kier molecular flexibility index (Phi) is 5.00. The lowest BCUT2D eigenvalue weighted by Crippen LogP contribution is -2.23. The molecule has 0 saturated heterocycles. The summed E-state index contributed by atoms with van der Waals surface area (Å²) >= 11 is 0. The molecule has 1 aliphatic rings. The van der Waals surface area contributed by atoms with Gasteiger partial charge in [-0.15, -0.1) is 0 Å². The zero-order valence-corrected chi connectivity index (χ0v) is 18.9. The second kappa shape index (κ2) is 8.19. The summed E-state index contributed by atoms with van der Waals surface area (Å²) in [6, 6.07) is 14.0. The predicted octanol–water partition coefficient (Wildman–Crippen LogP) is 2.36. The van der Waals surface area contributed by atoms with Crippen molar-refractivity contribution in [2.24, 2.45) is 0 Å². The maximum Gasteiger partial charge on any atom is 0.283 e. The van der Waals surface area contributed by atoms with Crippen LogP contribution in [-0.2, 0) is 19.4 Å². The molecule has 5 aromatic rings. The van der Waals surface area contributed by atoms with E-state index in [4.69, 9.17) is 4.98 Å². The molecule has 0 saturated carbocycles. The molecule has 172 valence electrons. The van der Waals surface area contributed by atoms with E-state index in [2.05, 4.69) is 39.4 Å². The van der Waals surface area contributed by atoms with Gasteiger partial charge in [0.25, 0.3) is 5.56 Å². The van der Waals surface area contributed by atoms with Gasteiger partial charge in [-0.3, -0.25) is 9.48 Å². The first kappa shape index (κ1) is 20.8. The Labute approximate surface area is 195 Å². The molecule has 9 nitrogen and oxygen atoms in total. The highest BCUT2D eigenvalue weighted by Crippen LogP contribution is 2.24. The summed E-state index contributed by atoms with van der Waals surface area (Å²) in [6.07, 6.45) is 3.58. The summed E-state index contributed by atoms with van der Waals surface area (Å²) in [5, 5.41) is 14.0. The first-order valence-electron chi connectivity index (χ1n) is 11.5. The molecule has 0 spiro atoms. The van der Waals surface area contributed by atoms with Crippen molar-refractivity contribution in [3.05, 3.63) is 70.1 Å². The van der Waals surface area contributed by atoms with Crippen molar-refractivity contribution in [1.82, 2.24) is 29.0 Å². The van der Waals surface area contributed by atoms with Gasteiger partial charge in [0.15, 0.2) is 11.3 Å². The van der Waals surface area contributed by atoms with E-state index in [0.717, 1.165) is 42.5 Å². The lowest BCUT2D eigenvalue weighted by Gasteiger charge is -2.11. The number of aliphatic hydroxyl groups is 1. The van der Waals surface area contributed by atoms with Crippen LogP contribution >= 0.6 is 0 Å². The van der Waals surface area contributed by atoms with Crippen molar-refractivity contribution in [1.29, 1.82) is 0 Å². The van der Waals surface area contributed by atoms with Gasteiger partial charge < -0.3 is 15.3 Å². The number of fused-ring (bicyclic) bond motifs is 5. The van der Waals surface area contributed by atoms with E-state index in [0.29, 0.717) is 22.6 Å². The second-order valence-electron chi connectivity index (χ2n) is 8.76. The van der Waals surface area contributed by atoms with Crippen molar-refractivity contribution in [2.75, 3.05) is 32.1 Å². The quantitative estimate of drug-likeness (QED) is 0.429. The van der Waals surface area contributed by atoms with Gasteiger partial charge in [-0.2, -0.15) is 9.50 Å². The summed E-state index contributed by atoms with van der Waals surface area (Å²) in [6.45, 7) is 2.30. The number of aromatic nitrogens is 5. The molecule has 2 aromatic carbocycles. The third kappa shape index (κ3) is 3.41. The number of rotatable bonds is 4. The Morgan fingerprint density at radius 2 is 1.85 bits per heavy atom. The smallest absolute Gasteiger partial charge is 0.283 e. The standard InChI is InChI=1S/C25H25N7O2/c1-30-10-8-16-6-7-18(14-17(16)9-11-30)27-25-26-15-20-22(29-25)28-23-19-4-2-3-5-21(19)31(12-13-33)32(23)24(20)34/h2-7,14-15,33H,8-13H2,1H3,(H,26,27,29). The number of hydrogen-bond acceptors (Lipinski definition) is 7. The van der Waals surface area contributed by atoms with Gasteiger partial charge in [0.1, 0.15) is 5.39 Å². The summed E-state index contributed by atoms with van der Waals surface area (Å²) in [7, 11) is 2.15. The van der Waals surface area contributed by atoms with Gasteiger partial charge in [0, 0.05) is 30.4 Å². The maximum atomic E-state index is 13.4. The molecular weight excluding hydrogens is 430 g/mol. The largest absolute Gasteiger partial charge is 0.394 e. The van der Waals surface area contributed by atoms with E-state index in [-0.39, 0.29) is 18.7 Å². The highest BCUT2D eigenvalue weighted by atomic mass is 16.3. The van der Waals surface area contributed by atoms with Crippen LogP contribution in [0.4, 0.5) is 11.6 Å². The highest BCUT2D eigenvalue weighted by Gasteiger charge is 2.17. The molecule has 0 bridgehead atoms. The first-order valence-corrected chi connectivity index (χ1v) is 11.5. The summed E-state index contributed by atoms with van der Waals surface area (Å²) in [5.41, 5.74) is 5.06. The number of nitrogens with one attached hydrogen (secondary N) is 1. The molecule has 1 aliphatic heterocycles. The first-order chi connectivity index (χ1) is 16.6. The fourth-order valence-corrected chi connectivity index (χ4v) is 4.78. The fourth-order valence-electron chi connectivity index (χ4n) is 4.78. The van der Waals surface area contributed by atoms with Crippen LogP contribution in [0.3, 0.4) is 0 Å². The zero-order chi connectivity index (χ0) is 23.2. The van der Waals surface area contributed by atoms with Gasteiger partial charge in [-0.1, -0.05) is 18.2 Å². The van der Waals surface area contributed by atoms with E-state index >= 15 is 0 Å². The van der Waals surface area contributed by atoms with E-state index in [1.54, 1.807) is 4.68 Å². The van der Waals surface area contributed by atoms with Gasteiger partial charge in [-0.25, -0.2) is 9.97 Å². The normalized spacial score (nSPS) is 14.5. The second-order valence-corrected chi connectivity index (χ2v) is 8.76. The fraction of sp³-hybridized carbons (Fsp3) is 0.280. The van der Waals surface area contributed by atoms with Gasteiger partial charge in [0.2, 0.25) is 5.95 Å². The summed E-state index contributed by atoms with van der Waals surface area (Å²) in [4.78, 5) is 29.4. The van der Waals surface area contributed by atoms with Crippen LogP contribution in [0, 0.1) is 0 Å². The monoisotopic (exact) mass is 455 g/mol. The Hall–Kier alpha value is -3.82. The Balaban J connectivity index is 1.43. The van der Waals surface area contributed by atoms with Crippen molar-refractivity contribution in [3.8, 4) is 0 Å². The van der Waals surface area contributed by atoms with Crippen molar-refractivity contribution in [3.63, 3.8) is 0 Å². The van der Waals surface area contributed by atoms with Crippen LogP contribution in [-0.4, -0.2) is 60.9 Å². The molecule has 0 fully saturated rings. The van der Waals surface area contributed by atoms with E-state index in [1.807, 2.05) is 30.3 Å². The molecule has 4 heterocycles. The van der Waals surface area contributed by atoms with Crippen LogP contribution in [0.15, 0.2) is 53.5 Å². The lowest BCUT2D eigenvalue weighted by atomic mass is 10.0. The average Bonchev–Trinajstić information content (AvgIpc) is 3.03. The molecule has 34 heavy (non-hydrogen) atoms. The van der Waals surface area contributed by atoms with E-state index < -0.39 is 0 Å². The van der Waals surface area contributed by atoms with Gasteiger partial charge >= 0.3 is 0 Å². The number of hydrogen-bond donors (Lipinski definition) is 2. The third-order valence-electron chi connectivity index (χ3n) is 6.57. The van der Waals surface area contributed by atoms with E-state index in [9.17, 15) is 9.90 Å². The molecule has 3 aromatic heterocycles. The van der Waals surface area contributed by atoms with Crippen molar-refractivity contribution < 1.29 is 5.11 Å². The van der Waals surface area contributed by atoms with Crippen molar-refractivity contribution in [2.45, 2.75) is 19.4 Å². The molecule has 6 rings (SSSR count). The average molecular weight is 456 g/mol. The minimum Gasteiger partial charge on any atom is -0.394 e. The summed E-state index contributed by atoms with van der Waals surface area (Å²) < 4.78 is 3.25. The third-order valence-corrected chi connectivity index (χ3v) is 6.57. The molecular formula is C25H25N7O2. The van der Waals surface area contributed by atoms with Crippen LogP contribution < -0.4 is 10.9 Å². The molecule has 0 unspecified atom stereocenters. The Morgan fingerprint density at radius 3 is 2.71 bits per heavy atom. The molecule has 2 N–H and O–H groups in total. The van der Waals surface area contributed by atoms with Gasteiger partial charge in [0.05, 0.1) is 18.7 Å². The number of aliphatic hydroxyl groups excluding tert-OH is 1. The van der Waals surface area contributed by atoms with Crippen LogP contribution in [0.25, 0.3) is 27.6 Å². The number of anilines is 2. The minimum atomic E-state index is -0.259. The lowest BCUT2D eigenvalue weighted by molar-refractivity contribution is 0.268. The van der Waals surface area contributed by atoms with Crippen LogP contribution in [0.2, 0.25) is 0 Å².